The quantitative estimate of drug-likeness (QED) is 0.456. The summed E-state index contributed by atoms with van der Waals surface area (Å²) in [5.41, 5.74) is 4.52. The molecular weight excluding hydrogens is 357 g/mol. The van der Waals surface area contributed by atoms with Crippen molar-refractivity contribution >= 4 is 29.2 Å². The number of aliphatic imine (C=N–C) groups is 1. The van der Waals surface area contributed by atoms with Crippen LogP contribution in [0.25, 0.3) is 0 Å². The van der Waals surface area contributed by atoms with Gasteiger partial charge in [-0.3, -0.25) is 9.67 Å². The number of nitrogens with zero attached hydrogens (tertiary/aromatic N) is 3. The number of hydrogen-bond donors (Lipinski definition) is 2. The summed E-state index contributed by atoms with van der Waals surface area (Å²) in [5.74, 6) is 0.782. The molecule has 1 aromatic carbocycles. The van der Waals surface area contributed by atoms with Gasteiger partial charge in [-0.1, -0.05) is 29.3 Å². The zero-order valence-electron chi connectivity index (χ0n) is 15.2. The Kier molecular flexibility index (Phi) is 7.14. The van der Waals surface area contributed by atoms with E-state index in [1.54, 1.807) is 13.1 Å². The van der Waals surface area contributed by atoms with Crippen molar-refractivity contribution in [3.05, 3.63) is 50.8 Å². The van der Waals surface area contributed by atoms with Gasteiger partial charge in [-0.2, -0.15) is 5.10 Å². The molecule has 0 atom stereocenters. The zero-order valence-corrected chi connectivity index (χ0v) is 16.7. The summed E-state index contributed by atoms with van der Waals surface area (Å²) in [6.45, 7) is 5.61. The van der Waals surface area contributed by atoms with Gasteiger partial charge < -0.3 is 10.6 Å². The van der Waals surface area contributed by atoms with E-state index in [-0.39, 0.29) is 0 Å². The summed E-state index contributed by atoms with van der Waals surface area (Å²) in [5, 5.41) is 12.5. The number of nitrogens with one attached hydrogen (secondary N) is 2. The number of halogens is 2. The fourth-order valence-electron chi connectivity index (χ4n) is 2.68. The Balaban J connectivity index is 1.79. The number of aromatic nitrogens is 2. The van der Waals surface area contributed by atoms with E-state index >= 15 is 0 Å². The summed E-state index contributed by atoms with van der Waals surface area (Å²) in [6, 6.07) is 5.63. The van der Waals surface area contributed by atoms with Crippen LogP contribution >= 0.6 is 23.2 Å². The highest BCUT2D eigenvalue weighted by atomic mass is 35.5. The van der Waals surface area contributed by atoms with Gasteiger partial charge >= 0.3 is 0 Å². The lowest BCUT2D eigenvalue weighted by Crippen LogP contribution is -2.37. The largest absolute Gasteiger partial charge is 0.356 e. The van der Waals surface area contributed by atoms with Gasteiger partial charge in [0, 0.05) is 48.5 Å². The number of guanidine groups is 1. The van der Waals surface area contributed by atoms with Crippen LogP contribution in [0.1, 0.15) is 28.9 Å². The molecule has 0 amide bonds. The second-order valence-electron chi connectivity index (χ2n) is 5.96. The molecule has 1 heterocycles. The van der Waals surface area contributed by atoms with Crippen LogP contribution < -0.4 is 10.6 Å². The van der Waals surface area contributed by atoms with E-state index in [1.165, 1.54) is 5.56 Å². The molecule has 0 saturated heterocycles. The molecule has 2 aromatic rings. The Morgan fingerprint density at radius 3 is 2.60 bits per heavy atom. The minimum absolute atomic E-state index is 0.664. The van der Waals surface area contributed by atoms with E-state index in [0.29, 0.717) is 11.6 Å². The minimum Gasteiger partial charge on any atom is -0.356 e. The van der Waals surface area contributed by atoms with Gasteiger partial charge in [0.1, 0.15) is 0 Å². The van der Waals surface area contributed by atoms with Crippen molar-refractivity contribution in [2.45, 2.75) is 33.2 Å². The Hall–Kier alpha value is -1.72. The van der Waals surface area contributed by atoms with Gasteiger partial charge in [-0.05, 0) is 44.4 Å². The maximum absolute atomic E-state index is 6.20. The molecule has 1 aromatic heterocycles. The summed E-state index contributed by atoms with van der Waals surface area (Å²) in [4.78, 5) is 4.27. The van der Waals surface area contributed by atoms with Crippen LogP contribution in [0.5, 0.6) is 0 Å². The summed E-state index contributed by atoms with van der Waals surface area (Å²) in [7, 11) is 3.73. The lowest BCUT2D eigenvalue weighted by atomic mass is 10.1. The van der Waals surface area contributed by atoms with E-state index in [0.717, 1.165) is 47.3 Å². The molecule has 2 rings (SSSR count). The van der Waals surface area contributed by atoms with Crippen molar-refractivity contribution in [2.24, 2.45) is 12.0 Å². The lowest BCUT2D eigenvalue weighted by Gasteiger charge is -2.12. The highest BCUT2D eigenvalue weighted by Crippen LogP contribution is 2.21. The average molecular weight is 382 g/mol. The third-order valence-corrected chi connectivity index (χ3v) is 4.83. The average Bonchev–Trinajstić information content (AvgIpc) is 2.81. The molecule has 0 aliphatic heterocycles. The molecule has 0 spiro atoms. The second-order valence-corrected chi connectivity index (χ2v) is 6.81. The number of benzene rings is 1. The molecule has 0 aliphatic carbocycles. The predicted molar refractivity (Wildman–Crippen MR) is 106 cm³/mol. The fourth-order valence-corrected chi connectivity index (χ4v) is 3.18. The lowest BCUT2D eigenvalue weighted by molar-refractivity contribution is 0.726. The van der Waals surface area contributed by atoms with Gasteiger partial charge in [-0.15, -0.1) is 0 Å². The molecule has 0 fully saturated rings. The molecule has 2 N–H and O–H groups in total. The molecule has 0 bridgehead atoms. The summed E-state index contributed by atoms with van der Waals surface area (Å²) >= 11 is 12.1. The fraction of sp³-hybridized carbons (Fsp3) is 0.444. The van der Waals surface area contributed by atoms with E-state index in [1.807, 2.05) is 30.8 Å². The molecule has 25 heavy (non-hydrogen) atoms. The van der Waals surface area contributed by atoms with Crippen molar-refractivity contribution in [3.63, 3.8) is 0 Å². The Labute approximate surface area is 159 Å². The maximum Gasteiger partial charge on any atom is 0.191 e. The van der Waals surface area contributed by atoms with E-state index < -0.39 is 0 Å². The first-order valence-electron chi connectivity index (χ1n) is 8.30. The Morgan fingerprint density at radius 1 is 1.24 bits per heavy atom. The SMILES string of the molecule is CN=C(NCCCc1ccc(Cl)cc1Cl)NCc1c(C)nn(C)c1C. The van der Waals surface area contributed by atoms with Crippen LogP contribution in [-0.4, -0.2) is 29.3 Å². The van der Waals surface area contributed by atoms with Gasteiger partial charge in [-0.25, -0.2) is 0 Å². The van der Waals surface area contributed by atoms with Crippen molar-refractivity contribution in [3.8, 4) is 0 Å². The van der Waals surface area contributed by atoms with Crippen molar-refractivity contribution in [1.82, 2.24) is 20.4 Å². The molecule has 0 unspecified atom stereocenters. The van der Waals surface area contributed by atoms with E-state index in [9.17, 15) is 0 Å². The van der Waals surface area contributed by atoms with Gasteiger partial charge in [0.2, 0.25) is 0 Å². The molecule has 7 heteroatoms. The predicted octanol–water partition coefficient (Wildman–Crippen LogP) is 3.64. The highest BCUT2D eigenvalue weighted by molar-refractivity contribution is 6.35. The first-order chi connectivity index (χ1) is 11.9. The van der Waals surface area contributed by atoms with Crippen molar-refractivity contribution in [2.75, 3.05) is 13.6 Å². The van der Waals surface area contributed by atoms with Gasteiger partial charge in [0.15, 0.2) is 5.96 Å². The van der Waals surface area contributed by atoms with Crippen molar-refractivity contribution < 1.29 is 0 Å². The van der Waals surface area contributed by atoms with E-state index in [2.05, 4.69) is 27.6 Å². The number of aryl methyl sites for hydroxylation is 3. The Morgan fingerprint density at radius 2 is 2.00 bits per heavy atom. The number of rotatable bonds is 6. The summed E-state index contributed by atoms with van der Waals surface area (Å²) in [6.07, 6.45) is 1.84. The smallest absolute Gasteiger partial charge is 0.191 e. The van der Waals surface area contributed by atoms with Crippen LogP contribution in [-0.2, 0) is 20.0 Å². The highest BCUT2D eigenvalue weighted by Gasteiger charge is 2.09. The first-order valence-corrected chi connectivity index (χ1v) is 9.05. The monoisotopic (exact) mass is 381 g/mol. The summed E-state index contributed by atoms with van der Waals surface area (Å²) < 4.78 is 1.90. The molecule has 5 nitrogen and oxygen atoms in total. The first kappa shape index (κ1) is 19.6. The van der Waals surface area contributed by atoms with Gasteiger partial charge in [0.25, 0.3) is 0 Å². The van der Waals surface area contributed by atoms with Crippen LogP contribution in [0.4, 0.5) is 0 Å². The van der Waals surface area contributed by atoms with Crippen LogP contribution in [0.15, 0.2) is 23.2 Å². The second kappa shape index (κ2) is 9.11. The molecule has 0 saturated carbocycles. The standard InChI is InChI=1S/C18H25Cl2N5/c1-12-16(13(2)25(4)24-12)11-23-18(21-3)22-9-5-6-14-7-8-15(19)10-17(14)20/h7-8,10H,5-6,9,11H2,1-4H3,(H2,21,22,23). The van der Waals surface area contributed by atoms with Crippen LogP contribution in [0, 0.1) is 13.8 Å². The van der Waals surface area contributed by atoms with E-state index in [4.69, 9.17) is 23.2 Å². The van der Waals surface area contributed by atoms with Crippen LogP contribution in [0.2, 0.25) is 10.0 Å². The van der Waals surface area contributed by atoms with Gasteiger partial charge in [0.05, 0.1) is 5.69 Å². The third kappa shape index (κ3) is 5.38. The third-order valence-electron chi connectivity index (χ3n) is 4.25. The van der Waals surface area contributed by atoms with Crippen molar-refractivity contribution in [1.29, 1.82) is 0 Å². The molecule has 136 valence electrons. The molecular formula is C18H25Cl2N5. The Bertz CT molecular complexity index is 752. The minimum atomic E-state index is 0.664. The molecule has 0 radical (unpaired) electrons. The topological polar surface area (TPSA) is 54.2 Å². The number of hydrogen-bond acceptors (Lipinski definition) is 2. The molecule has 0 aliphatic rings. The van der Waals surface area contributed by atoms with Crippen LogP contribution in [0.3, 0.4) is 0 Å². The normalized spacial score (nSPS) is 11.7. The maximum atomic E-state index is 6.20. The zero-order chi connectivity index (χ0) is 18.4.